The molecule has 0 unspecified atom stereocenters. The van der Waals surface area contributed by atoms with Crippen molar-refractivity contribution >= 4 is 22.3 Å². The van der Waals surface area contributed by atoms with E-state index in [2.05, 4.69) is 241 Å². The normalized spacial score (nSPS) is 12.2. The number of benzene rings is 8. The van der Waals surface area contributed by atoms with Crippen molar-refractivity contribution in [2.24, 2.45) is 0 Å². The molecule has 0 aliphatic heterocycles. The zero-order valence-electron chi connectivity index (χ0n) is 34.9. The van der Waals surface area contributed by atoms with Crippen LogP contribution in [0.1, 0.15) is 44.5 Å². The van der Waals surface area contributed by atoms with E-state index in [4.69, 9.17) is 0 Å². The topological polar surface area (TPSA) is 0 Å². The van der Waals surface area contributed by atoms with E-state index in [0.29, 0.717) is 22.3 Å². The average Bonchev–Trinajstić information content (AvgIpc) is 3.70. The van der Waals surface area contributed by atoms with Gasteiger partial charge in [0.05, 0.1) is 22.3 Å². The molecular formula is C64H38. The van der Waals surface area contributed by atoms with E-state index in [-0.39, 0.29) is 0 Å². The Kier molecular flexibility index (Phi) is 11.2. The highest BCUT2D eigenvalue weighted by Crippen LogP contribution is 2.45. The van der Waals surface area contributed by atoms with Gasteiger partial charge in [0.15, 0.2) is 0 Å². The van der Waals surface area contributed by atoms with Crippen molar-refractivity contribution in [3.05, 3.63) is 297 Å². The molecule has 0 saturated heterocycles. The van der Waals surface area contributed by atoms with Crippen LogP contribution < -0.4 is 0 Å². The molecule has 0 heterocycles. The Morgan fingerprint density at radius 3 is 0.656 bits per heavy atom. The highest BCUT2D eigenvalue weighted by atomic mass is 14.3. The fourth-order valence-electron chi connectivity index (χ4n) is 8.41. The van der Waals surface area contributed by atoms with Gasteiger partial charge in [-0.3, -0.25) is 0 Å². The van der Waals surface area contributed by atoms with Gasteiger partial charge in [-0.1, -0.05) is 278 Å². The molecule has 10 rings (SSSR count). The first-order valence-electron chi connectivity index (χ1n) is 21.4. The van der Waals surface area contributed by atoms with E-state index in [9.17, 15) is 0 Å². The summed E-state index contributed by atoms with van der Waals surface area (Å²) in [5.41, 5.74) is 17.1. The highest BCUT2D eigenvalue weighted by Gasteiger charge is 2.25. The number of fused-ring (bicyclic) bond motifs is 3. The first kappa shape index (κ1) is 39.1. The molecule has 0 radical (unpaired) electrons. The summed E-state index contributed by atoms with van der Waals surface area (Å²) in [5, 5.41) is 0. The van der Waals surface area contributed by atoms with Crippen molar-refractivity contribution in [3.63, 3.8) is 0 Å². The third kappa shape index (κ3) is 8.09. The predicted octanol–water partition coefficient (Wildman–Crippen LogP) is 14.0. The minimum atomic E-state index is 0.662. The second-order valence-electron chi connectivity index (χ2n) is 15.3. The Morgan fingerprint density at radius 2 is 0.406 bits per heavy atom. The van der Waals surface area contributed by atoms with Crippen molar-refractivity contribution in [2.45, 2.75) is 0 Å². The summed E-state index contributed by atoms with van der Waals surface area (Å²) < 4.78 is 0. The summed E-state index contributed by atoms with van der Waals surface area (Å²) in [6, 6.07) is 79.5. The lowest BCUT2D eigenvalue weighted by atomic mass is 9.90. The Bertz CT molecular complexity index is 2890. The summed E-state index contributed by atoms with van der Waals surface area (Å²) >= 11 is 0. The van der Waals surface area contributed by atoms with Gasteiger partial charge in [0.25, 0.3) is 0 Å². The van der Waals surface area contributed by atoms with E-state index in [0.717, 1.165) is 77.9 Å². The monoisotopic (exact) mass is 806 g/mol. The van der Waals surface area contributed by atoms with Gasteiger partial charge in [0, 0.05) is 22.3 Å². The first-order chi connectivity index (χ1) is 31.8. The first-order valence-corrected chi connectivity index (χ1v) is 21.4. The van der Waals surface area contributed by atoms with Gasteiger partial charge in [-0.25, -0.2) is 0 Å². The molecule has 0 nitrogen and oxygen atoms in total. The van der Waals surface area contributed by atoms with Crippen LogP contribution in [0.4, 0.5) is 0 Å². The Balaban J connectivity index is 1.38. The zero-order valence-corrected chi connectivity index (χ0v) is 34.9. The third-order valence-corrected chi connectivity index (χ3v) is 11.3. The maximum atomic E-state index is 3.69. The smallest absolute Gasteiger partial charge is 0.0622 e. The Hall–Kier alpha value is -9.04. The second kappa shape index (κ2) is 18.3. The molecule has 2 aliphatic carbocycles. The van der Waals surface area contributed by atoms with Crippen molar-refractivity contribution in [2.75, 3.05) is 0 Å². The lowest BCUT2D eigenvalue weighted by Gasteiger charge is -2.12. The van der Waals surface area contributed by atoms with Crippen LogP contribution >= 0.6 is 0 Å². The molecule has 8 aromatic carbocycles. The zero-order chi connectivity index (χ0) is 42.9. The molecule has 0 amide bonds. The van der Waals surface area contributed by atoms with Crippen molar-refractivity contribution in [3.8, 4) is 58.5 Å². The molecule has 0 aromatic heterocycles. The van der Waals surface area contributed by atoms with Crippen molar-refractivity contribution < 1.29 is 0 Å². The molecule has 0 atom stereocenters. The predicted molar refractivity (Wildman–Crippen MR) is 266 cm³/mol. The van der Waals surface area contributed by atoms with Gasteiger partial charge in [-0.2, -0.15) is 0 Å². The largest absolute Gasteiger partial charge is 0.0836 e. The number of hydrogen-bond acceptors (Lipinski definition) is 0. The molecule has 0 saturated carbocycles. The fourth-order valence-corrected chi connectivity index (χ4v) is 8.41. The molecule has 2 aliphatic rings. The standard InChI is InChI=1S/C64H38/c1-7-23-47(24-8-1)61(48-25-9-2-10-26-48)53-39-41-54(62(49-27-11-3-12-28-49)50-29-13-4-14-30-50)43-45-56(64-59-37-21-19-35-57(59)58-36-20-22-38-60(58)64)46-44-55(42-40-53)63(51-31-15-5-16-32-51)52-33-17-6-18-34-52/h1-38H. The fraction of sp³-hybridized carbons (Fsp3) is 0. The second-order valence-corrected chi connectivity index (χ2v) is 15.3. The van der Waals surface area contributed by atoms with Crippen molar-refractivity contribution in [1.29, 1.82) is 0 Å². The van der Waals surface area contributed by atoms with Crippen LogP contribution in [-0.4, -0.2) is 0 Å². The molecule has 0 bridgehead atoms. The molecule has 0 spiro atoms. The molecule has 0 fully saturated rings. The van der Waals surface area contributed by atoms with Crippen LogP contribution in [0.5, 0.6) is 0 Å². The lowest BCUT2D eigenvalue weighted by molar-refractivity contribution is 1.52. The molecule has 294 valence electrons. The van der Waals surface area contributed by atoms with E-state index in [1.807, 2.05) is 36.4 Å². The minimum Gasteiger partial charge on any atom is -0.0622 e. The van der Waals surface area contributed by atoms with E-state index in [1.165, 1.54) is 0 Å². The summed E-state index contributed by atoms with van der Waals surface area (Å²) in [4.78, 5) is 0. The summed E-state index contributed by atoms with van der Waals surface area (Å²) in [6.45, 7) is 0. The van der Waals surface area contributed by atoms with E-state index >= 15 is 0 Å². The number of allylic oxidation sites excluding steroid dienone is 4. The van der Waals surface area contributed by atoms with Crippen LogP contribution in [0.2, 0.25) is 0 Å². The molecule has 64 heavy (non-hydrogen) atoms. The SMILES string of the molecule is C1#CC(=C(c2ccccc2)c2ccccc2)C#CC(=C2c3ccccc3-c3ccccc32)C#CC(=C(c2ccccc2)c2ccccc2)C#CC1=C(c1ccccc1)c1ccccc1. The Labute approximate surface area is 376 Å². The molecular weight excluding hydrogens is 769 g/mol. The highest BCUT2D eigenvalue weighted by molar-refractivity contribution is 6.05. The lowest BCUT2D eigenvalue weighted by Crippen LogP contribution is -1.97. The van der Waals surface area contributed by atoms with Crippen LogP contribution in [0.15, 0.2) is 253 Å². The molecule has 8 aromatic rings. The molecule has 0 heteroatoms. The summed E-state index contributed by atoms with van der Waals surface area (Å²) in [6.07, 6.45) is 0. The molecule has 0 N–H and O–H groups in total. The van der Waals surface area contributed by atoms with Crippen LogP contribution in [-0.2, 0) is 0 Å². The third-order valence-electron chi connectivity index (χ3n) is 11.3. The van der Waals surface area contributed by atoms with Gasteiger partial charge in [-0.05, 0) is 55.6 Å². The Morgan fingerprint density at radius 1 is 0.203 bits per heavy atom. The van der Waals surface area contributed by atoms with Gasteiger partial charge in [0.2, 0.25) is 0 Å². The van der Waals surface area contributed by atoms with Crippen molar-refractivity contribution in [1.82, 2.24) is 0 Å². The summed E-state index contributed by atoms with van der Waals surface area (Å²) in [5.74, 6) is 29.4. The minimum absolute atomic E-state index is 0.662. The maximum Gasteiger partial charge on any atom is 0.0836 e. The number of rotatable bonds is 6. The quantitative estimate of drug-likeness (QED) is 0.147. The van der Waals surface area contributed by atoms with Crippen LogP contribution in [0.3, 0.4) is 0 Å². The summed E-state index contributed by atoms with van der Waals surface area (Å²) in [7, 11) is 0. The number of hydrogen-bond donors (Lipinski definition) is 0. The average molecular weight is 807 g/mol. The van der Waals surface area contributed by atoms with Gasteiger partial charge < -0.3 is 0 Å². The van der Waals surface area contributed by atoms with Gasteiger partial charge in [-0.15, -0.1) is 0 Å². The van der Waals surface area contributed by atoms with E-state index < -0.39 is 0 Å². The van der Waals surface area contributed by atoms with Crippen LogP contribution in [0.25, 0.3) is 33.4 Å². The van der Waals surface area contributed by atoms with Gasteiger partial charge >= 0.3 is 0 Å². The van der Waals surface area contributed by atoms with Crippen LogP contribution in [0, 0.1) is 47.4 Å². The maximum absolute atomic E-state index is 3.69. The van der Waals surface area contributed by atoms with E-state index in [1.54, 1.807) is 0 Å². The van der Waals surface area contributed by atoms with Gasteiger partial charge in [0.1, 0.15) is 0 Å².